The Morgan fingerprint density at radius 3 is 1.14 bits per heavy atom. The molecule has 0 saturated carbocycles. The van der Waals surface area contributed by atoms with E-state index in [2.05, 4.69) is 176 Å². The van der Waals surface area contributed by atoms with E-state index in [4.69, 9.17) is 35.2 Å². The molecule has 8 heteroatoms. The van der Waals surface area contributed by atoms with Gasteiger partial charge in [-0.15, -0.1) is 0 Å². The molecule has 6 aromatic rings. The molecule has 1 heterocycles. The number of halogens is 2. The average Bonchev–Trinajstić information content (AvgIpc) is 3.64. The quantitative estimate of drug-likeness (QED) is 0.109. The number of nitrogens with zero attached hydrogens (tertiary/aromatic N) is 3. The van der Waals surface area contributed by atoms with Crippen molar-refractivity contribution in [2.75, 3.05) is 0 Å². The third kappa shape index (κ3) is 9.50. The third-order valence-electron chi connectivity index (χ3n) is 8.49. The van der Waals surface area contributed by atoms with Gasteiger partial charge < -0.3 is 0 Å². The van der Waals surface area contributed by atoms with Crippen LogP contribution in [0.25, 0.3) is 0 Å². The minimum absolute atomic E-state index is 0.171. The number of rotatable bonds is 10. The van der Waals surface area contributed by atoms with Gasteiger partial charge >= 0.3 is 33.3 Å². The molecule has 3 nitrogen and oxygen atoms in total. The van der Waals surface area contributed by atoms with Crippen LogP contribution in [-0.2, 0) is 13.1 Å². The molecule has 50 heavy (non-hydrogen) atoms. The Morgan fingerprint density at radius 1 is 0.460 bits per heavy atom. The molecule has 6 aromatic carbocycles. The zero-order valence-corrected chi connectivity index (χ0v) is 29.8. The number of hydrogen-bond donors (Lipinski definition) is 0. The summed E-state index contributed by atoms with van der Waals surface area (Å²) in [5.74, 6) is 0. The number of allylic oxidation sites excluding steroid dienone is 2. The van der Waals surface area contributed by atoms with E-state index in [0.29, 0.717) is 0 Å². The summed E-state index contributed by atoms with van der Waals surface area (Å²) in [4.78, 5) is 14.2. The maximum atomic E-state index is 4.76. The van der Waals surface area contributed by atoms with Crippen molar-refractivity contribution < 1.29 is 13.1 Å². The van der Waals surface area contributed by atoms with Gasteiger partial charge in [0.25, 0.3) is 0 Å². The van der Waals surface area contributed by atoms with Crippen LogP contribution >= 0.6 is 20.2 Å². The summed E-state index contributed by atoms with van der Waals surface area (Å²) < 4.78 is 0. The van der Waals surface area contributed by atoms with Crippen molar-refractivity contribution in [3.63, 3.8) is 0 Å². The van der Waals surface area contributed by atoms with E-state index in [0.717, 1.165) is 29.2 Å². The minimum atomic E-state index is 0.171. The summed E-state index contributed by atoms with van der Waals surface area (Å²) in [5.41, 5.74) is 11.1. The van der Waals surface area contributed by atoms with Crippen LogP contribution in [0, 0.1) is 0 Å². The second kappa shape index (κ2) is 18.3. The van der Waals surface area contributed by atoms with Crippen molar-refractivity contribution in [1.29, 1.82) is 0 Å². The fourth-order valence-corrected chi connectivity index (χ4v) is 6.16. The third-order valence-corrected chi connectivity index (χ3v) is 8.49. The molecule has 0 atom stereocenters. The first-order chi connectivity index (χ1) is 24.7. The van der Waals surface area contributed by atoms with Gasteiger partial charge in [-0.25, -0.2) is 0 Å². The molecule has 0 bridgehead atoms. The van der Waals surface area contributed by atoms with E-state index in [1.54, 1.807) is 0 Å². The van der Waals surface area contributed by atoms with Gasteiger partial charge in [0.15, 0.2) is 0 Å². The molecule has 0 fully saturated rings. The van der Waals surface area contributed by atoms with Crippen LogP contribution < -0.4 is 32.8 Å². The summed E-state index contributed by atoms with van der Waals surface area (Å²) in [7, 11) is 9.53. The van der Waals surface area contributed by atoms with Gasteiger partial charge in [0.1, 0.15) is 0 Å². The van der Waals surface area contributed by atoms with Crippen LogP contribution in [0.15, 0.2) is 197 Å². The molecule has 0 aromatic heterocycles. The first-order valence-electron chi connectivity index (χ1n) is 16.3. The average molecular weight is 728 g/mol. The molecule has 0 unspecified atom stereocenters. The predicted octanol–water partition coefficient (Wildman–Crippen LogP) is 6.93. The fraction of sp³-hybridized carbons (Fsp3) is 0.0238. The van der Waals surface area contributed by atoms with Crippen LogP contribution in [-0.4, -0.2) is 31.6 Å². The molecule has 0 N–H and O–H groups in total. The van der Waals surface area contributed by atoms with E-state index in [-0.39, 0.29) is 26.6 Å². The Bertz CT molecular complexity index is 1980. The van der Waals surface area contributed by atoms with Crippen molar-refractivity contribution in [2.24, 2.45) is 15.0 Å². The summed E-state index contributed by atoms with van der Waals surface area (Å²) in [6.07, 6.45) is 6.53. The Labute approximate surface area is 310 Å². The van der Waals surface area contributed by atoms with Gasteiger partial charge in [0.05, 0.1) is 29.0 Å². The van der Waals surface area contributed by atoms with Crippen LogP contribution in [0.4, 0.5) is 11.4 Å². The van der Waals surface area contributed by atoms with Gasteiger partial charge in [-0.3, -0.25) is 15.0 Å². The van der Waals surface area contributed by atoms with Crippen molar-refractivity contribution in [1.82, 2.24) is 0 Å². The van der Waals surface area contributed by atoms with Crippen molar-refractivity contribution in [2.45, 2.75) is 6.42 Å². The summed E-state index contributed by atoms with van der Waals surface area (Å²) in [6, 6.07) is 59.6. The first-order valence-corrected chi connectivity index (χ1v) is 19.4. The van der Waals surface area contributed by atoms with Crippen LogP contribution in [0.5, 0.6) is 0 Å². The Kier molecular flexibility index (Phi) is 12.9. The van der Waals surface area contributed by atoms with E-state index < -0.39 is 0 Å². The summed E-state index contributed by atoms with van der Waals surface area (Å²) in [6.45, 7) is 0.343. The second-order valence-corrected chi connectivity index (χ2v) is 13.5. The van der Waals surface area contributed by atoms with Crippen molar-refractivity contribution in [3.05, 3.63) is 182 Å². The monoisotopic (exact) mass is 727 g/mol. The Morgan fingerprint density at radius 2 is 0.780 bits per heavy atom. The molecule has 0 saturated heterocycles. The Hall–Kier alpha value is -4.70. The van der Waals surface area contributed by atoms with Crippen LogP contribution in [0.3, 0.4) is 0 Å². The van der Waals surface area contributed by atoms with Crippen LogP contribution in [0.1, 0.15) is 6.42 Å². The zero-order valence-electron chi connectivity index (χ0n) is 27.2. The van der Waals surface area contributed by atoms with Crippen molar-refractivity contribution >= 4 is 95.9 Å². The van der Waals surface area contributed by atoms with Crippen molar-refractivity contribution in [3.8, 4) is 0 Å². The molecule has 0 spiro atoms. The molecule has 7 rings (SSSR count). The van der Waals surface area contributed by atoms with Gasteiger partial charge in [-0.1, -0.05) is 184 Å². The summed E-state index contributed by atoms with van der Waals surface area (Å²) >= 11 is 0.194. The SMILES string of the molecule is C(=Nc1ccc(B(c2ccccc2)c2ccccc2)cc1)C1=CCC(C=Nc2ccc(B(c3ccccc3)c3ccccc3)cc2)=N1.[Cl][Fe][Cl]. The van der Waals surface area contributed by atoms with Crippen LogP contribution in [0.2, 0.25) is 0 Å². The van der Waals surface area contributed by atoms with E-state index in [1.165, 1.54) is 32.8 Å². The standard InChI is InChI=1S/C42H33B2N3.2ClH.Fe/c1-5-13-33(14-6-1)43(34-15-7-2-8-16-34)37-21-25-39(26-22-37)45-31-41-29-30-42(47-41)32-46-40-27-23-38(24-28-40)44(35-17-9-3-10-18-35)36-19-11-4-12-20-36;;;/h1-29,31-32H,30H2;2*1H;/q;;;+2/p-2. The maximum absolute atomic E-state index is 4.76. The van der Waals surface area contributed by atoms with Gasteiger partial charge in [-0.05, 0) is 24.3 Å². The molecular formula is C42H33B2Cl2FeN3. The number of benzene rings is 6. The van der Waals surface area contributed by atoms with E-state index >= 15 is 0 Å². The molecule has 1 aliphatic rings. The molecule has 1 aliphatic heterocycles. The molecule has 0 aliphatic carbocycles. The molecule has 0 amide bonds. The molecular weight excluding hydrogens is 695 g/mol. The van der Waals surface area contributed by atoms with Gasteiger partial charge in [0.2, 0.25) is 13.4 Å². The van der Waals surface area contributed by atoms with Gasteiger partial charge in [-0.2, -0.15) is 0 Å². The number of hydrogen-bond acceptors (Lipinski definition) is 3. The normalized spacial score (nSPS) is 12.4. The first kappa shape index (κ1) is 35.1. The number of aliphatic imine (C=N–C) groups is 3. The second-order valence-electron chi connectivity index (χ2n) is 11.7. The molecule has 244 valence electrons. The zero-order chi connectivity index (χ0) is 34.4. The van der Waals surface area contributed by atoms with Gasteiger partial charge in [0, 0.05) is 12.6 Å². The molecule has 0 radical (unpaired) electrons. The predicted molar refractivity (Wildman–Crippen MR) is 216 cm³/mol. The van der Waals surface area contributed by atoms with E-state index in [1.807, 2.05) is 12.4 Å². The fourth-order valence-electron chi connectivity index (χ4n) is 6.16. The topological polar surface area (TPSA) is 37.1 Å². The van der Waals surface area contributed by atoms with E-state index in [9.17, 15) is 0 Å². The Balaban J connectivity index is 0.00000139. The summed E-state index contributed by atoms with van der Waals surface area (Å²) in [5, 5.41) is 0.